The Morgan fingerprint density at radius 3 is 2.84 bits per heavy atom. The van der Waals surface area contributed by atoms with E-state index in [-0.39, 0.29) is 11.9 Å². The number of fused-ring (bicyclic) bond motifs is 1. The number of rotatable bonds is 2. The largest absolute Gasteiger partial charge is 0.336 e. The molecular formula is C18H19ClN4OS. The summed E-state index contributed by atoms with van der Waals surface area (Å²) in [5.41, 5.74) is 7.86. The zero-order valence-electron chi connectivity index (χ0n) is 13.9. The topological polar surface area (TPSA) is 64.2 Å². The Bertz CT molecular complexity index is 931. The normalized spacial score (nSPS) is 18.0. The van der Waals surface area contributed by atoms with Crippen LogP contribution in [0.1, 0.15) is 28.2 Å². The highest BCUT2D eigenvalue weighted by Crippen LogP contribution is 2.31. The molecule has 2 N–H and O–H groups in total. The number of aryl methyl sites for hydroxylation is 1. The van der Waals surface area contributed by atoms with E-state index >= 15 is 0 Å². The summed E-state index contributed by atoms with van der Waals surface area (Å²) in [5.74, 6) is 0.0680. The fourth-order valence-corrected chi connectivity index (χ4v) is 4.54. The van der Waals surface area contributed by atoms with E-state index in [1.54, 1.807) is 0 Å². The Morgan fingerprint density at radius 2 is 2.12 bits per heavy atom. The van der Waals surface area contributed by atoms with Gasteiger partial charge in [0.2, 0.25) is 0 Å². The minimum Gasteiger partial charge on any atom is -0.336 e. The highest BCUT2D eigenvalue weighted by Gasteiger charge is 2.25. The maximum atomic E-state index is 12.9. The molecule has 25 heavy (non-hydrogen) atoms. The summed E-state index contributed by atoms with van der Waals surface area (Å²) in [4.78, 5) is 16.4. The zero-order chi connectivity index (χ0) is 17.6. The molecule has 3 heterocycles. The fourth-order valence-electron chi connectivity index (χ4n) is 3.26. The first-order chi connectivity index (χ1) is 12.0. The quantitative estimate of drug-likeness (QED) is 0.745. The van der Waals surface area contributed by atoms with Gasteiger partial charge >= 0.3 is 0 Å². The second-order valence-electron chi connectivity index (χ2n) is 6.46. The Balaban J connectivity index is 1.72. The summed E-state index contributed by atoms with van der Waals surface area (Å²) in [6.07, 6.45) is 1.95. The summed E-state index contributed by atoms with van der Waals surface area (Å²) < 4.78 is 1.88. The third-order valence-electron chi connectivity index (χ3n) is 4.57. The van der Waals surface area contributed by atoms with E-state index in [2.05, 4.69) is 5.10 Å². The zero-order valence-corrected chi connectivity index (χ0v) is 15.5. The van der Waals surface area contributed by atoms with Crippen molar-refractivity contribution in [2.75, 3.05) is 13.1 Å². The third-order valence-corrected chi connectivity index (χ3v) is 5.92. The average molecular weight is 375 g/mol. The van der Waals surface area contributed by atoms with Crippen LogP contribution in [-0.2, 0) is 0 Å². The van der Waals surface area contributed by atoms with Crippen molar-refractivity contribution in [2.45, 2.75) is 25.8 Å². The Labute approximate surface area is 155 Å². The highest BCUT2D eigenvalue weighted by molar-refractivity contribution is 7.20. The van der Waals surface area contributed by atoms with Gasteiger partial charge in [0.15, 0.2) is 0 Å². The van der Waals surface area contributed by atoms with Crippen molar-refractivity contribution in [3.63, 3.8) is 0 Å². The predicted molar refractivity (Wildman–Crippen MR) is 102 cm³/mol. The van der Waals surface area contributed by atoms with Crippen molar-refractivity contribution in [1.82, 2.24) is 14.7 Å². The number of hydrogen-bond acceptors (Lipinski definition) is 4. The number of likely N-dealkylation sites (tertiary alicyclic amines) is 1. The van der Waals surface area contributed by atoms with Crippen molar-refractivity contribution in [1.29, 1.82) is 0 Å². The van der Waals surface area contributed by atoms with Gasteiger partial charge in [0.05, 0.1) is 16.3 Å². The van der Waals surface area contributed by atoms with Gasteiger partial charge in [-0.05, 0) is 50.1 Å². The molecule has 0 spiro atoms. The van der Waals surface area contributed by atoms with Gasteiger partial charge in [0.25, 0.3) is 5.91 Å². The lowest BCUT2D eigenvalue weighted by atomic mass is 10.1. The number of carbonyl (C=O) groups excluding carboxylic acids is 1. The smallest absolute Gasteiger partial charge is 0.264 e. The van der Waals surface area contributed by atoms with Crippen LogP contribution >= 0.6 is 22.9 Å². The molecule has 0 saturated carbocycles. The second kappa shape index (κ2) is 6.44. The minimum absolute atomic E-state index is 0.0680. The molecule has 1 fully saturated rings. The van der Waals surface area contributed by atoms with Crippen molar-refractivity contribution in [3.05, 3.63) is 45.9 Å². The summed E-state index contributed by atoms with van der Waals surface area (Å²) >= 11 is 7.46. The van der Waals surface area contributed by atoms with Crippen molar-refractivity contribution in [2.24, 2.45) is 5.73 Å². The van der Waals surface area contributed by atoms with Crippen LogP contribution in [0.25, 0.3) is 15.9 Å². The molecule has 5 nitrogen and oxygen atoms in total. The number of nitrogens with zero attached hydrogens (tertiary/aromatic N) is 3. The van der Waals surface area contributed by atoms with E-state index in [4.69, 9.17) is 17.3 Å². The molecular weight excluding hydrogens is 356 g/mol. The highest BCUT2D eigenvalue weighted by atomic mass is 35.5. The van der Waals surface area contributed by atoms with Crippen molar-refractivity contribution >= 4 is 39.1 Å². The second-order valence-corrected chi connectivity index (χ2v) is 7.92. The van der Waals surface area contributed by atoms with E-state index in [9.17, 15) is 4.79 Å². The van der Waals surface area contributed by atoms with Gasteiger partial charge < -0.3 is 10.6 Å². The van der Waals surface area contributed by atoms with E-state index in [1.807, 2.05) is 46.8 Å². The first-order valence-electron chi connectivity index (χ1n) is 8.33. The van der Waals surface area contributed by atoms with Gasteiger partial charge in [0, 0.05) is 29.5 Å². The molecule has 1 unspecified atom stereocenters. The Kier molecular flexibility index (Phi) is 4.27. The summed E-state index contributed by atoms with van der Waals surface area (Å²) in [7, 11) is 0. The number of amides is 1. The molecule has 1 saturated heterocycles. The van der Waals surface area contributed by atoms with Crippen LogP contribution in [0.5, 0.6) is 0 Å². The molecule has 3 aromatic rings. The predicted octanol–water partition coefficient (Wildman–Crippen LogP) is 3.61. The van der Waals surface area contributed by atoms with E-state index in [1.165, 1.54) is 11.3 Å². The standard InChI is InChI=1S/C18H19ClN4OS/c1-11-15-9-16(17(24)22-8-2-3-13(20)10-22)25-18(15)23(21-11)14-6-4-12(19)5-7-14/h4-7,9,13H,2-3,8,10,20H2,1H3. The lowest BCUT2D eigenvalue weighted by molar-refractivity contribution is 0.0714. The van der Waals surface area contributed by atoms with Crippen LogP contribution in [0.3, 0.4) is 0 Å². The van der Waals surface area contributed by atoms with Crippen LogP contribution in [0, 0.1) is 6.92 Å². The maximum absolute atomic E-state index is 12.9. The fraction of sp³-hybridized carbons (Fsp3) is 0.333. The number of thiophene rings is 1. The van der Waals surface area contributed by atoms with Crippen molar-refractivity contribution < 1.29 is 4.79 Å². The number of aromatic nitrogens is 2. The van der Waals surface area contributed by atoms with Crippen LogP contribution in [0.2, 0.25) is 5.02 Å². The van der Waals surface area contributed by atoms with E-state index in [0.717, 1.165) is 45.9 Å². The number of piperidine rings is 1. The Morgan fingerprint density at radius 1 is 1.36 bits per heavy atom. The molecule has 1 aromatic carbocycles. The average Bonchev–Trinajstić information content (AvgIpc) is 3.16. The van der Waals surface area contributed by atoms with Crippen LogP contribution < -0.4 is 5.73 Å². The van der Waals surface area contributed by atoms with E-state index in [0.29, 0.717) is 11.6 Å². The molecule has 1 amide bonds. The summed E-state index contributed by atoms with van der Waals surface area (Å²) in [6, 6.07) is 9.58. The lowest BCUT2D eigenvalue weighted by Crippen LogP contribution is -2.45. The van der Waals surface area contributed by atoms with Crippen molar-refractivity contribution in [3.8, 4) is 5.69 Å². The number of halogens is 1. The monoisotopic (exact) mass is 374 g/mol. The van der Waals surface area contributed by atoms with Gasteiger partial charge in [-0.3, -0.25) is 4.79 Å². The van der Waals surface area contributed by atoms with Gasteiger partial charge in [-0.15, -0.1) is 11.3 Å². The number of hydrogen-bond donors (Lipinski definition) is 1. The van der Waals surface area contributed by atoms with Crippen LogP contribution in [-0.4, -0.2) is 39.7 Å². The number of carbonyl (C=O) groups is 1. The molecule has 130 valence electrons. The molecule has 1 atom stereocenters. The molecule has 4 rings (SSSR count). The third kappa shape index (κ3) is 3.05. The molecule has 2 aromatic heterocycles. The Hall–Kier alpha value is -1.89. The summed E-state index contributed by atoms with van der Waals surface area (Å²) in [5, 5.41) is 6.32. The number of benzene rings is 1. The molecule has 0 aliphatic carbocycles. The van der Waals surface area contributed by atoms with Gasteiger partial charge in [-0.1, -0.05) is 11.6 Å². The van der Waals surface area contributed by atoms with Gasteiger partial charge in [-0.2, -0.15) is 5.10 Å². The maximum Gasteiger partial charge on any atom is 0.264 e. The molecule has 7 heteroatoms. The molecule has 0 radical (unpaired) electrons. The summed E-state index contributed by atoms with van der Waals surface area (Å²) in [6.45, 7) is 3.38. The molecule has 1 aliphatic rings. The van der Waals surface area contributed by atoms with Crippen LogP contribution in [0.4, 0.5) is 0 Å². The SMILES string of the molecule is Cc1nn(-c2ccc(Cl)cc2)c2sc(C(=O)N3CCCC(N)C3)cc12. The molecule has 1 aliphatic heterocycles. The van der Waals surface area contributed by atoms with Crippen LogP contribution in [0.15, 0.2) is 30.3 Å². The first kappa shape index (κ1) is 16.6. The van der Waals surface area contributed by atoms with E-state index < -0.39 is 0 Å². The molecule has 0 bridgehead atoms. The number of nitrogens with two attached hydrogens (primary N) is 1. The van der Waals surface area contributed by atoms with Gasteiger partial charge in [-0.25, -0.2) is 4.68 Å². The minimum atomic E-state index is 0.0680. The first-order valence-corrected chi connectivity index (χ1v) is 9.52. The van der Waals surface area contributed by atoms with Gasteiger partial charge in [0.1, 0.15) is 4.83 Å². The lowest BCUT2D eigenvalue weighted by Gasteiger charge is -2.30.